The van der Waals surface area contributed by atoms with Gasteiger partial charge in [-0.3, -0.25) is 14.6 Å². The van der Waals surface area contributed by atoms with Crippen molar-refractivity contribution in [2.24, 2.45) is 5.92 Å². The highest BCUT2D eigenvalue weighted by Crippen LogP contribution is 2.28. The summed E-state index contributed by atoms with van der Waals surface area (Å²) in [5.74, 6) is -2.77. The van der Waals surface area contributed by atoms with Gasteiger partial charge in [0.25, 0.3) is 0 Å². The van der Waals surface area contributed by atoms with Crippen LogP contribution in [0.1, 0.15) is 17.8 Å². The molecule has 1 aliphatic heterocycles. The molecule has 1 unspecified atom stereocenters. The van der Waals surface area contributed by atoms with E-state index >= 15 is 0 Å². The number of halogens is 2. The Balaban J connectivity index is 1.64. The van der Waals surface area contributed by atoms with Crippen LogP contribution in [-0.4, -0.2) is 23.3 Å². The lowest BCUT2D eigenvalue weighted by atomic mass is 10.1. The maximum Gasteiger partial charge on any atom is 0.227 e. The van der Waals surface area contributed by atoms with Gasteiger partial charge in [0.2, 0.25) is 11.8 Å². The van der Waals surface area contributed by atoms with Gasteiger partial charge in [-0.1, -0.05) is 6.07 Å². The Bertz CT molecular complexity index is 826. The first-order valence-corrected chi connectivity index (χ1v) is 7.89. The van der Waals surface area contributed by atoms with Crippen LogP contribution in [0, 0.1) is 24.5 Å². The van der Waals surface area contributed by atoms with E-state index in [0.717, 1.165) is 23.5 Å². The van der Waals surface area contributed by atoms with Gasteiger partial charge in [0.05, 0.1) is 23.8 Å². The van der Waals surface area contributed by atoms with Gasteiger partial charge in [-0.15, -0.1) is 0 Å². The molecule has 2 aromatic rings. The zero-order valence-corrected chi connectivity index (χ0v) is 13.6. The monoisotopic (exact) mass is 345 g/mol. The minimum absolute atomic E-state index is 0.0100. The fourth-order valence-electron chi connectivity index (χ4n) is 2.84. The SMILES string of the molecule is Cc1cccc(CNC(=O)C2CC(=O)N(c3ccc(F)cc3F)C2)n1. The number of carbonyl (C=O) groups is 2. The number of nitrogens with zero attached hydrogens (tertiary/aromatic N) is 2. The first-order valence-electron chi connectivity index (χ1n) is 7.89. The van der Waals surface area contributed by atoms with Gasteiger partial charge >= 0.3 is 0 Å². The van der Waals surface area contributed by atoms with Gasteiger partial charge in [-0.25, -0.2) is 8.78 Å². The molecule has 1 atom stereocenters. The number of aryl methyl sites for hydroxylation is 1. The van der Waals surface area contributed by atoms with Crippen molar-refractivity contribution >= 4 is 17.5 Å². The van der Waals surface area contributed by atoms with Crippen LogP contribution in [0.3, 0.4) is 0 Å². The smallest absolute Gasteiger partial charge is 0.227 e. The third kappa shape index (κ3) is 3.81. The van der Waals surface area contributed by atoms with Crippen molar-refractivity contribution in [1.82, 2.24) is 10.3 Å². The zero-order chi connectivity index (χ0) is 18.0. The Morgan fingerprint density at radius 1 is 1.32 bits per heavy atom. The van der Waals surface area contributed by atoms with Crippen LogP contribution in [-0.2, 0) is 16.1 Å². The van der Waals surface area contributed by atoms with Crippen molar-refractivity contribution in [2.45, 2.75) is 19.9 Å². The van der Waals surface area contributed by atoms with Crippen molar-refractivity contribution in [2.75, 3.05) is 11.4 Å². The molecule has 1 saturated heterocycles. The molecule has 7 heteroatoms. The predicted molar refractivity (Wildman–Crippen MR) is 87.6 cm³/mol. The molecular weight excluding hydrogens is 328 g/mol. The molecule has 1 aliphatic rings. The second-order valence-corrected chi connectivity index (χ2v) is 5.99. The van der Waals surface area contributed by atoms with E-state index in [2.05, 4.69) is 10.3 Å². The van der Waals surface area contributed by atoms with Crippen molar-refractivity contribution in [3.8, 4) is 0 Å². The number of carbonyl (C=O) groups excluding carboxylic acids is 2. The first kappa shape index (κ1) is 17.0. The van der Waals surface area contributed by atoms with Crippen molar-refractivity contribution in [3.05, 3.63) is 59.4 Å². The minimum atomic E-state index is -0.821. The van der Waals surface area contributed by atoms with Gasteiger partial charge in [-0.2, -0.15) is 0 Å². The van der Waals surface area contributed by atoms with Crippen LogP contribution >= 0.6 is 0 Å². The van der Waals surface area contributed by atoms with Gasteiger partial charge in [0, 0.05) is 24.7 Å². The summed E-state index contributed by atoms with van der Waals surface area (Å²) in [4.78, 5) is 29.9. The molecule has 1 aromatic carbocycles. The summed E-state index contributed by atoms with van der Waals surface area (Å²) >= 11 is 0. The molecule has 5 nitrogen and oxygen atoms in total. The predicted octanol–water partition coefficient (Wildman–Crippen LogP) is 2.34. The van der Waals surface area contributed by atoms with Crippen LogP contribution in [0.25, 0.3) is 0 Å². The lowest BCUT2D eigenvalue weighted by molar-refractivity contribution is -0.126. The maximum atomic E-state index is 13.9. The number of benzene rings is 1. The maximum absolute atomic E-state index is 13.9. The van der Waals surface area contributed by atoms with Crippen molar-refractivity contribution in [3.63, 3.8) is 0 Å². The lowest BCUT2D eigenvalue weighted by Crippen LogP contribution is -2.33. The fourth-order valence-corrected chi connectivity index (χ4v) is 2.84. The molecule has 2 amide bonds. The molecule has 1 fully saturated rings. The summed E-state index contributed by atoms with van der Waals surface area (Å²) < 4.78 is 26.9. The van der Waals surface area contributed by atoms with E-state index in [4.69, 9.17) is 0 Å². The Labute approximate surface area is 143 Å². The molecule has 3 rings (SSSR count). The van der Waals surface area contributed by atoms with Gasteiger partial charge in [0.15, 0.2) is 0 Å². The molecular formula is C18H17F2N3O2. The molecule has 130 valence electrons. The zero-order valence-electron chi connectivity index (χ0n) is 13.6. The van der Waals surface area contributed by atoms with Crippen LogP contribution in [0.4, 0.5) is 14.5 Å². The number of rotatable bonds is 4. The summed E-state index contributed by atoms with van der Waals surface area (Å²) in [5.41, 5.74) is 1.56. The summed E-state index contributed by atoms with van der Waals surface area (Å²) in [7, 11) is 0. The molecule has 0 saturated carbocycles. The normalized spacial score (nSPS) is 17.0. The largest absolute Gasteiger partial charge is 0.350 e. The number of aromatic nitrogens is 1. The Morgan fingerprint density at radius 2 is 2.12 bits per heavy atom. The van der Waals surface area contributed by atoms with E-state index in [1.165, 1.54) is 11.0 Å². The number of hydrogen-bond donors (Lipinski definition) is 1. The molecule has 25 heavy (non-hydrogen) atoms. The minimum Gasteiger partial charge on any atom is -0.350 e. The fraction of sp³-hybridized carbons (Fsp3) is 0.278. The van der Waals surface area contributed by atoms with Crippen LogP contribution < -0.4 is 10.2 Å². The standard InChI is InChI=1S/C18H17F2N3O2/c1-11-3-2-4-14(22-11)9-21-18(25)12-7-17(24)23(10-12)16-6-5-13(19)8-15(16)20/h2-6,8,12H,7,9-10H2,1H3,(H,21,25). The molecule has 2 heterocycles. The number of amides is 2. The van der Waals surface area contributed by atoms with Gasteiger partial charge in [-0.05, 0) is 31.2 Å². The highest BCUT2D eigenvalue weighted by molar-refractivity contribution is 6.00. The van der Waals surface area contributed by atoms with E-state index < -0.39 is 17.6 Å². The highest BCUT2D eigenvalue weighted by Gasteiger charge is 2.36. The molecule has 1 N–H and O–H groups in total. The second kappa shape index (κ2) is 6.96. The lowest BCUT2D eigenvalue weighted by Gasteiger charge is -2.17. The molecule has 1 aromatic heterocycles. The first-order chi connectivity index (χ1) is 11.9. The average molecular weight is 345 g/mol. The van der Waals surface area contributed by atoms with E-state index in [1.807, 2.05) is 19.1 Å². The quantitative estimate of drug-likeness (QED) is 0.925. The number of pyridine rings is 1. The summed E-state index contributed by atoms with van der Waals surface area (Å²) in [5, 5.41) is 2.75. The van der Waals surface area contributed by atoms with Crippen LogP contribution in [0.5, 0.6) is 0 Å². The summed E-state index contributed by atoms with van der Waals surface area (Å²) in [6.07, 6.45) is -0.0100. The molecule has 0 radical (unpaired) electrons. The van der Waals surface area contributed by atoms with E-state index in [-0.39, 0.29) is 37.0 Å². The van der Waals surface area contributed by atoms with Crippen molar-refractivity contribution < 1.29 is 18.4 Å². The number of nitrogens with one attached hydrogen (secondary N) is 1. The molecule has 0 bridgehead atoms. The van der Waals surface area contributed by atoms with E-state index in [1.54, 1.807) is 6.07 Å². The van der Waals surface area contributed by atoms with Gasteiger partial charge < -0.3 is 10.2 Å². The van der Waals surface area contributed by atoms with Crippen LogP contribution in [0.2, 0.25) is 0 Å². The Kier molecular flexibility index (Phi) is 4.74. The second-order valence-electron chi connectivity index (χ2n) is 5.99. The Morgan fingerprint density at radius 3 is 2.84 bits per heavy atom. The summed E-state index contributed by atoms with van der Waals surface area (Å²) in [6, 6.07) is 8.52. The van der Waals surface area contributed by atoms with Crippen LogP contribution in [0.15, 0.2) is 36.4 Å². The van der Waals surface area contributed by atoms with Crippen molar-refractivity contribution in [1.29, 1.82) is 0 Å². The third-order valence-electron chi connectivity index (χ3n) is 4.09. The Hall–Kier alpha value is -2.83. The van der Waals surface area contributed by atoms with Gasteiger partial charge in [0.1, 0.15) is 11.6 Å². The molecule has 0 spiro atoms. The third-order valence-corrected chi connectivity index (χ3v) is 4.09. The summed E-state index contributed by atoms with van der Waals surface area (Å²) in [6.45, 7) is 2.18. The van der Waals surface area contributed by atoms with E-state index in [0.29, 0.717) is 0 Å². The van der Waals surface area contributed by atoms with E-state index in [9.17, 15) is 18.4 Å². The number of hydrogen-bond acceptors (Lipinski definition) is 3. The number of anilines is 1. The average Bonchev–Trinajstić information content (AvgIpc) is 2.94. The molecule has 0 aliphatic carbocycles. The highest BCUT2D eigenvalue weighted by atomic mass is 19.1. The topological polar surface area (TPSA) is 62.3 Å².